The van der Waals surface area contributed by atoms with Crippen LogP contribution in [0.2, 0.25) is 0 Å². The monoisotopic (exact) mass is 645 g/mol. The number of Topliss-reactive ketones (excluding diaryl/α,β-unsaturated/α-hetero) is 1. The Morgan fingerprint density at radius 2 is 1.69 bits per heavy atom. The van der Waals surface area contributed by atoms with Crippen LogP contribution in [0.4, 0.5) is 11.4 Å². The number of anilines is 1. The SMILES string of the molecule is CCCCCCCC[N+]1=C(/C=C2\C(=O)C(/C=C3/N(CC)c4ccc5nc(C)ccc5c4C3(C)C)=C2[O-])C(C)(C)c2cc(C(=O)O)ccc21. The number of carbonyl (C=O) groups is 2. The number of unbranched alkanes of at least 4 members (excludes halogenated alkanes) is 5. The number of aromatic nitrogens is 1. The fourth-order valence-corrected chi connectivity index (χ4v) is 7.90. The molecule has 48 heavy (non-hydrogen) atoms. The zero-order valence-corrected chi connectivity index (χ0v) is 29.4. The quantitative estimate of drug-likeness (QED) is 0.130. The van der Waals surface area contributed by atoms with Crippen molar-refractivity contribution >= 4 is 39.7 Å². The minimum atomic E-state index is -0.975. The molecule has 0 spiro atoms. The highest BCUT2D eigenvalue weighted by Crippen LogP contribution is 2.51. The zero-order valence-electron chi connectivity index (χ0n) is 29.4. The summed E-state index contributed by atoms with van der Waals surface area (Å²) in [4.78, 5) is 32.7. The third-order valence-electron chi connectivity index (χ3n) is 10.6. The van der Waals surface area contributed by atoms with E-state index in [4.69, 9.17) is 4.98 Å². The average molecular weight is 646 g/mol. The van der Waals surface area contributed by atoms with Gasteiger partial charge in [0.1, 0.15) is 6.54 Å². The van der Waals surface area contributed by atoms with Crippen molar-refractivity contribution in [2.24, 2.45) is 0 Å². The molecule has 0 amide bonds. The van der Waals surface area contributed by atoms with E-state index in [2.05, 4.69) is 49.3 Å². The van der Waals surface area contributed by atoms with Gasteiger partial charge in [0.15, 0.2) is 11.5 Å². The first-order valence-corrected chi connectivity index (χ1v) is 17.4. The van der Waals surface area contributed by atoms with Gasteiger partial charge in [0.05, 0.1) is 16.5 Å². The lowest BCUT2D eigenvalue weighted by Gasteiger charge is -2.32. The van der Waals surface area contributed by atoms with Crippen LogP contribution in [0.5, 0.6) is 0 Å². The summed E-state index contributed by atoms with van der Waals surface area (Å²) in [6, 6.07) is 13.5. The van der Waals surface area contributed by atoms with Crippen LogP contribution in [0.25, 0.3) is 10.9 Å². The predicted molar refractivity (Wildman–Crippen MR) is 190 cm³/mol. The van der Waals surface area contributed by atoms with E-state index in [1.54, 1.807) is 18.2 Å². The molecule has 0 radical (unpaired) electrons. The van der Waals surface area contributed by atoms with Gasteiger partial charge in [-0.1, -0.05) is 58.3 Å². The number of aryl methyl sites for hydroxylation is 1. The lowest BCUT2D eigenvalue weighted by atomic mass is 9.77. The van der Waals surface area contributed by atoms with Gasteiger partial charge in [-0.15, -0.1) is 0 Å². The number of allylic oxidation sites excluding steroid dienone is 5. The van der Waals surface area contributed by atoms with Crippen LogP contribution in [0.15, 0.2) is 77.2 Å². The second kappa shape index (κ2) is 12.5. The number of carboxylic acid groups (broad SMARTS) is 1. The lowest BCUT2D eigenvalue weighted by molar-refractivity contribution is -0.438. The molecule has 0 unspecified atom stereocenters. The van der Waals surface area contributed by atoms with E-state index in [1.807, 2.05) is 45.0 Å². The maximum absolute atomic E-state index is 13.9. The van der Waals surface area contributed by atoms with E-state index in [-0.39, 0.29) is 28.3 Å². The number of aromatic carboxylic acids is 1. The summed E-state index contributed by atoms with van der Waals surface area (Å²) < 4.78 is 2.20. The maximum Gasteiger partial charge on any atom is 0.335 e. The van der Waals surface area contributed by atoms with Crippen molar-refractivity contribution in [1.29, 1.82) is 0 Å². The third-order valence-corrected chi connectivity index (χ3v) is 10.6. The largest absolute Gasteiger partial charge is 0.871 e. The molecule has 6 rings (SSSR count). The minimum Gasteiger partial charge on any atom is -0.871 e. The van der Waals surface area contributed by atoms with Crippen LogP contribution in [-0.2, 0) is 15.6 Å². The lowest BCUT2D eigenvalue weighted by Crippen LogP contribution is -2.35. The number of pyridine rings is 1. The topological polar surface area (TPSA) is 96.6 Å². The minimum absolute atomic E-state index is 0.186. The molecule has 1 N–H and O–H groups in total. The van der Waals surface area contributed by atoms with Gasteiger partial charge in [0, 0.05) is 69.7 Å². The Morgan fingerprint density at radius 3 is 2.38 bits per heavy atom. The van der Waals surface area contributed by atoms with Gasteiger partial charge >= 0.3 is 5.97 Å². The van der Waals surface area contributed by atoms with Crippen LogP contribution in [-0.4, -0.2) is 45.2 Å². The van der Waals surface area contributed by atoms with Crippen LogP contribution in [0.1, 0.15) is 107 Å². The second-order valence-electron chi connectivity index (χ2n) is 14.5. The number of carbonyl (C=O) groups excluding carboxylic acids is 1. The fraction of sp³-hybridized carbons (Fsp3) is 0.415. The third kappa shape index (κ3) is 5.37. The molecule has 0 saturated carbocycles. The Morgan fingerprint density at radius 1 is 0.958 bits per heavy atom. The number of ketones is 1. The van der Waals surface area contributed by atoms with Gasteiger partial charge in [0.25, 0.3) is 0 Å². The van der Waals surface area contributed by atoms with Crippen molar-refractivity contribution < 1.29 is 24.4 Å². The molecular formula is C41H47N3O4. The molecule has 2 aliphatic heterocycles. The van der Waals surface area contributed by atoms with Crippen molar-refractivity contribution in [3.63, 3.8) is 0 Å². The highest BCUT2D eigenvalue weighted by Gasteiger charge is 2.46. The fourth-order valence-electron chi connectivity index (χ4n) is 7.90. The predicted octanol–water partition coefficient (Wildman–Crippen LogP) is 7.80. The molecule has 0 bridgehead atoms. The summed E-state index contributed by atoms with van der Waals surface area (Å²) in [6.07, 6.45) is 10.4. The molecular weight excluding hydrogens is 598 g/mol. The van der Waals surface area contributed by atoms with E-state index in [1.165, 1.54) is 19.3 Å². The molecule has 7 nitrogen and oxygen atoms in total. The zero-order chi connectivity index (χ0) is 34.5. The van der Waals surface area contributed by atoms with Gasteiger partial charge < -0.3 is 15.1 Å². The van der Waals surface area contributed by atoms with Gasteiger partial charge in [-0.3, -0.25) is 9.78 Å². The smallest absolute Gasteiger partial charge is 0.335 e. The Hall–Kier alpha value is -4.52. The number of carboxylic acids is 1. The molecule has 1 aliphatic carbocycles. The van der Waals surface area contributed by atoms with Gasteiger partial charge in [-0.2, -0.15) is 4.58 Å². The second-order valence-corrected chi connectivity index (χ2v) is 14.5. The summed E-state index contributed by atoms with van der Waals surface area (Å²) in [5.41, 5.74) is 7.33. The van der Waals surface area contributed by atoms with Crippen molar-refractivity contribution in [1.82, 2.24) is 4.98 Å². The standard InChI is InChI=1S/C41H47N3O4/c1-8-10-11-12-13-14-21-44-32-19-16-26(39(47)48)22-30(32)40(4,5)34(44)23-28-37(45)29(38(28)46)24-35-41(6,7)36-27-17-15-25(3)42-31(27)18-20-33(36)43(35)9-2/h15-20,22-24H,8-14,21H2,1-7H3,(H-,45,46,47,48). The first-order valence-electron chi connectivity index (χ1n) is 17.4. The summed E-state index contributed by atoms with van der Waals surface area (Å²) >= 11 is 0. The van der Waals surface area contributed by atoms with Crippen molar-refractivity contribution in [3.05, 3.63) is 99.6 Å². The Kier molecular flexibility index (Phi) is 8.69. The van der Waals surface area contributed by atoms with Crippen LogP contribution < -0.4 is 10.0 Å². The van der Waals surface area contributed by atoms with Gasteiger partial charge in [-0.25, -0.2) is 4.79 Å². The molecule has 0 saturated heterocycles. The molecule has 250 valence electrons. The van der Waals surface area contributed by atoms with Crippen molar-refractivity contribution in [2.75, 3.05) is 18.0 Å². The molecule has 3 heterocycles. The number of rotatable bonds is 11. The van der Waals surface area contributed by atoms with E-state index in [0.29, 0.717) is 6.54 Å². The molecule has 2 aromatic carbocycles. The highest BCUT2D eigenvalue weighted by molar-refractivity contribution is 6.24. The normalized spacial score (nSPS) is 19.5. The van der Waals surface area contributed by atoms with Gasteiger partial charge in [0.2, 0.25) is 5.69 Å². The Bertz CT molecular complexity index is 1970. The summed E-state index contributed by atoms with van der Waals surface area (Å²) in [6.45, 7) is 16.1. The van der Waals surface area contributed by atoms with Crippen LogP contribution in [0, 0.1) is 6.92 Å². The number of fused-ring (bicyclic) bond motifs is 4. The molecule has 0 fully saturated rings. The number of likely N-dealkylation sites (N-methyl/N-ethyl adjacent to an activating group) is 1. The van der Waals surface area contributed by atoms with E-state index >= 15 is 0 Å². The molecule has 7 heteroatoms. The molecule has 3 aliphatic rings. The highest BCUT2D eigenvalue weighted by atomic mass is 16.4. The van der Waals surface area contributed by atoms with Gasteiger partial charge in [-0.05, 0) is 76.1 Å². The molecule has 1 aromatic heterocycles. The van der Waals surface area contributed by atoms with Crippen LogP contribution >= 0.6 is 0 Å². The summed E-state index contributed by atoms with van der Waals surface area (Å²) in [5.74, 6) is -1.47. The number of nitrogens with zero attached hydrogens (tertiary/aromatic N) is 3. The first kappa shape index (κ1) is 33.4. The van der Waals surface area contributed by atoms with E-state index in [0.717, 1.165) is 76.3 Å². The Labute approximate surface area is 284 Å². The van der Waals surface area contributed by atoms with Crippen molar-refractivity contribution in [2.45, 2.75) is 97.8 Å². The van der Waals surface area contributed by atoms with E-state index in [9.17, 15) is 19.8 Å². The molecule has 0 atom stereocenters. The number of benzene rings is 2. The van der Waals surface area contributed by atoms with Crippen molar-refractivity contribution in [3.8, 4) is 0 Å². The first-order chi connectivity index (χ1) is 22.8. The van der Waals surface area contributed by atoms with Crippen LogP contribution in [0.3, 0.4) is 0 Å². The summed E-state index contributed by atoms with van der Waals surface area (Å²) in [7, 11) is 0. The molecule has 3 aromatic rings. The summed E-state index contributed by atoms with van der Waals surface area (Å²) in [5, 5.41) is 24.7. The van der Waals surface area contributed by atoms with E-state index < -0.39 is 16.8 Å². The average Bonchev–Trinajstić information content (AvgIpc) is 3.41. The number of hydrogen-bond donors (Lipinski definition) is 1. The Balaban J connectivity index is 1.39. The number of hydrogen-bond acceptors (Lipinski definition) is 5. The maximum atomic E-state index is 13.9.